The van der Waals surface area contributed by atoms with Crippen LogP contribution in [0.5, 0.6) is 0 Å². The smallest absolute Gasteiger partial charge is 0.246 e. The molecule has 5 nitrogen and oxygen atoms in total. The monoisotopic (exact) mass is 441 g/mol. The third kappa shape index (κ3) is 4.88. The number of hydrogen-bond donors (Lipinski definition) is 1. The fourth-order valence-electron chi connectivity index (χ4n) is 2.72. The first-order valence-corrected chi connectivity index (χ1v) is 10.4. The van der Waals surface area contributed by atoms with E-state index < -0.39 is 28.1 Å². The highest BCUT2D eigenvalue weighted by atomic mass is 32.2. The number of nitrogens with zero attached hydrogens (tertiary/aromatic N) is 2. The van der Waals surface area contributed by atoms with E-state index in [1.807, 2.05) is 6.92 Å². The lowest BCUT2D eigenvalue weighted by Gasteiger charge is -2.10. The molecule has 1 N–H and O–H groups in total. The molecule has 2 aromatic carbocycles. The summed E-state index contributed by atoms with van der Waals surface area (Å²) in [5, 5.41) is 3.68. The van der Waals surface area contributed by atoms with Crippen LogP contribution in [-0.2, 0) is 16.2 Å². The molecule has 0 saturated heterocycles. The topological polar surface area (TPSA) is 64.0 Å². The van der Waals surface area contributed by atoms with E-state index in [0.29, 0.717) is 5.56 Å². The summed E-state index contributed by atoms with van der Waals surface area (Å²) in [7, 11) is -3.94. The third-order valence-corrected chi connectivity index (χ3v) is 5.73. The number of aryl methyl sites for hydroxylation is 1. The van der Waals surface area contributed by atoms with E-state index in [-0.39, 0.29) is 22.8 Å². The SMILES string of the molecule is Cc1ccc(-c2cc(C(F)(F)F)nn2-c2ccc(S(=O)(=O)NCC(C)F)cc2)cc1. The fourth-order valence-corrected chi connectivity index (χ4v) is 3.83. The van der Waals surface area contributed by atoms with Gasteiger partial charge in [0.05, 0.1) is 16.3 Å². The molecule has 0 aliphatic rings. The summed E-state index contributed by atoms with van der Waals surface area (Å²) in [5.41, 5.74) is 0.874. The Morgan fingerprint density at radius 1 is 1.07 bits per heavy atom. The summed E-state index contributed by atoms with van der Waals surface area (Å²) < 4.78 is 80.3. The maximum absolute atomic E-state index is 13.3. The number of hydrogen-bond acceptors (Lipinski definition) is 3. The molecule has 0 amide bonds. The van der Waals surface area contributed by atoms with Crippen molar-refractivity contribution in [3.8, 4) is 16.9 Å². The van der Waals surface area contributed by atoms with Crippen molar-refractivity contribution in [3.63, 3.8) is 0 Å². The maximum Gasteiger partial charge on any atom is 0.435 e. The van der Waals surface area contributed by atoms with Crippen LogP contribution in [0.15, 0.2) is 59.5 Å². The fraction of sp³-hybridized carbons (Fsp3) is 0.250. The molecule has 0 saturated carbocycles. The first kappa shape index (κ1) is 22.0. The van der Waals surface area contributed by atoms with Crippen molar-refractivity contribution in [1.29, 1.82) is 0 Å². The van der Waals surface area contributed by atoms with Gasteiger partial charge in [-0.15, -0.1) is 0 Å². The lowest BCUT2D eigenvalue weighted by atomic mass is 10.1. The average molecular weight is 441 g/mol. The van der Waals surface area contributed by atoms with Crippen LogP contribution in [0, 0.1) is 6.92 Å². The van der Waals surface area contributed by atoms with Gasteiger partial charge in [0.1, 0.15) is 6.17 Å². The Kier molecular flexibility index (Phi) is 6.00. The van der Waals surface area contributed by atoms with Gasteiger partial charge in [0, 0.05) is 12.1 Å². The van der Waals surface area contributed by atoms with Crippen molar-refractivity contribution in [3.05, 3.63) is 65.9 Å². The molecule has 0 aliphatic heterocycles. The van der Waals surface area contributed by atoms with Crippen LogP contribution in [0.3, 0.4) is 0 Å². The summed E-state index contributed by atoms with van der Waals surface area (Å²) in [4.78, 5) is -0.132. The molecule has 1 unspecified atom stereocenters. The molecule has 0 bridgehead atoms. The molecule has 1 atom stereocenters. The number of alkyl halides is 4. The van der Waals surface area contributed by atoms with Gasteiger partial charge in [0.15, 0.2) is 5.69 Å². The standard InChI is InChI=1S/C20H19F4N3O2S/c1-13-3-5-15(6-4-13)18-11-19(20(22,23)24)26-27(18)16-7-9-17(10-8-16)30(28,29)25-12-14(2)21/h3-11,14,25H,12H2,1-2H3. The van der Waals surface area contributed by atoms with E-state index >= 15 is 0 Å². The molecule has 1 aromatic heterocycles. The quantitative estimate of drug-likeness (QED) is 0.573. The highest BCUT2D eigenvalue weighted by Crippen LogP contribution is 2.33. The van der Waals surface area contributed by atoms with E-state index in [0.717, 1.165) is 16.3 Å². The predicted molar refractivity (Wildman–Crippen MR) is 104 cm³/mol. The summed E-state index contributed by atoms with van der Waals surface area (Å²) in [6.07, 6.45) is -6.00. The van der Waals surface area contributed by atoms with Crippen LogP contribution in [0.4, 0.5) is 17.6 Å². The van der Waals surface area contributed by atoms with Gasteiger partial charge in [-0.1, -0.05) is 29.8 Å². The highest BCUT2D eigenvalue weighted by Gasteiger charge is 2.35. The van der Waals surface area contributed by atoms with E-state index in [9.17, 15) is 26.0 Å². The van der Waals surface area contributed by atoms with Crippen molar-refractivity contribution < 1.29 is 26.0 Å². The number of benzene rings is 2. The number of halogens is 4. The van der Waals surface area contributed by atoms with E-state index in [1.54, 1.807) is 24.3 Å². The zero-order chi connectivity index (χ0) is 22.1. The van der Waals surface area contributed by atoms with Crippen LogP contribution in [-0.4, -0.2) is 30.9 Å². The molecular weight excluding hydrogens is 422 g/mol. The molecule has 10 heteroatoms. The van der Waals surface area contributed by atoms with Crippen molar-refractivity contribution in [2.75, 3.05) is 6.54 Å². The van der Waals surface area contributed by atoms with Crippen LogP contribution < -0.4 is 4.72 Å². The second-order valence-corrected chi connectivity index (χ2v) is 8.58. The van der Waals surface area contributed by atoms with Crippen molar-refractivity contribution >= 4 is 10.0 Å². The van der Waals surface area contributed by atoms with Crippen LogP contribution in [0.2, 0.25) is 0 Å². The van der Waals surface area contributed by atoms with E-state index in [2.05, 4.69) is 9.82 Å². The van der Waals surface area contributed by atoms with Crippen molar-refractivity contribution in [2.45, 2.75) is 31.1 Å². The molecule has 0 fully saturated rings. The third-order valence-electron chi connectivity index (χ3n) is 4.29. The molecule has 1 heterocycles. The normalized spacial score (nSPS) is 13.4. The Morgan fingerprint density at radius 2 is 1.67 bits per heavy atom. The molecule has 0 spiro atoms. The molecule has 0 radical (unpaired) electrons. The van der Waals surface area contributed by atoms with Crippen molar-refractivity contribution in [1.82, 2.24) is 14.5 Å². The number of nitrogens with one attached hydrogen (secondary N) is 1. The zero-order valence-corrected chi connectivity index (χ0v) is 16.9. The van der Waals surface area contributed by atoms with Gasteiger partial charge in [-0.05, 0) is 44.2 Å². The van der Waals surface area contributed by atoms with Gasteiger partial charge in [0.2, 0.25) is 10.0 Å². The second kappa shape index (κ2) is 8.19. The number of sulfonamides is 1. The average Bonchev–Trinajstić information content (AvgIpc) is 3.13. The Bertz CT molecular complexity index is 1120. The molecule has 3 aromatic rings. The lowest BCUT2D eigenvalue weighted by Crippen LogP contribution is -2.29. The van der Waals surface area contributed by atoms with Gasteiger partial charge in [-0.3, -0.25) is 0 Å². The molecule has 30 heavy (non-hydrogen) atoms. The summed E-state index contributed by atoms with van der Waals surface area (Å²) >= 11 is 0. The second-order valence-electron chi connectivity index (χ2n) is 6.82. The minimum atomic E-state index is -4.64. The van der Waals surface area contributed by atoms with Gasteiger partial charge >= 0.3 is 6.18 Å². The van der Waals surface area contributed by atoms with Crippen LogP contribution in [0.25, 0.3) is 16.9 Å². The lowest BCUT2D eigenvalue weighted by molar-refractivity contribution is -0.141. The Morgan fingerprint density at radius 3 is 2.20 bits per heavy atom. The van der Waals surface area contributed by atoms with Gasteiger partial charge in [-0.2, -0.15) is 18.3 Å². The minimum Gasteiger partial charge on any atom is -0.246 e. The molecule has 160 valence electrons. The number of aromatic nitrogens is 2. The zero-order valence-electron chi connectivity index (χ0n) is 16.1. The van der Waals surface area contributed by atoms with E-state index in [4.69, 9.17) is 0 Å². The Labute approximate surface area is 171 Å². The molecule has 0 aliphatic carbocycles. The van der Waals surface area contributed by atoms with Gasteiger partial charge in [-0.25, -0.2) is 22.2 Å². The van der Waals surface area contributed by atoms with Gasteiger partial charge in [0.25, 0.3) is 0 Å². The first-order chi connectivity index (χ1) is 14.0. The largest absolute Gasteiger partial charge is 0.435 e. The minimum absolute atomic E-state index is 0.132. The first-order valence-electron chi connectivity index (χ1n) is 8.96. The maximum atomic E-state index is 13.3. The summed E-state index contributed by atoms with van der Waals surface area (Å²) in [5.74, 6) is 0. The Balaban J connectivity index is 2.02. The summed E-state index contributed by atoms with van der Waals surface area (Å²) in [6.45, 7) is 2.70. The number of rotatable bonds is 6. The molecular formula is C20H19F4N3O2S. The summed E-state index contributed by atoms with van der Waals surface area (Å²) in [6, 6.07) is 13.0. The van der Waals surface area contributed by atoms with Crippen molar-refractivity contribution in [2.24, 2.45) is 0 Å². The molecule has 3 rings (SSSR count). The Hall–Kier alpha value is -2.72. The van der Waals surface area contributed by atoms with Crippen LogP contribution >= 0.6 is 0 Å². The van der Waals surface area contributed by atoms with Gasteiger partial charge < -0.3 is 0 Å². The van der Waals surface area contributed by atoms with E-state index in [1.165, 1.54) is 31.2 Å². The van der Waals surface area contributed by atoms with Crippen LogP contribution in [0.1, 0.15) is 18.2 Å². The highest BCUT2D eigenvalue weighted by molar-refractivity contribution is 7.89. The predicted octanol–water partition coefficient (Wildman–Crippen LogP) is 4.50.